The second-order valence-electron chi connectivity index (χ2n) is 3.08. The monoisotopic (exact) mass is 195 g/mol. The number of amides is 1. The number of nitrogens with zero attached hydrogens (tertiary/aromatic N) is 1. The number of allylic oxidation sites excluding steroid dienone is 2. The SMILES string of the molecule is C=CC=C1CC(C(=O)O)N(CC)C1=O. The molecule has 76 valence electrons. The van der Waals surface area contributed by atoms with Crippen LogP contribution in [0.4, 0.5) is 0 Å². The van der Waals surface area contributed by atoms with E-state index in [9.17, 15) is 9.59 Å². The molecule has 14 heavy (non-hydrogen) atoms. The molecule has 1 amide bonds. The average Bonchev–Trinajstić information content (AvgIpc) is 2.44. The third-order valence-corrected chi connectivity index (χ3v) is 2.27. The molecule has 1 fully saturated rings. The molecule has 1 heterocycles. The van der Waals surface area contributed by atoms with Crippen molar-refractivity contribution in [3.63, 3.8) is 0 Å². The molecule has 1 saturated heterocycles. The van der Waals surface area contributed by atoms with Crippen molar-refractivity contribution >= 4 is 11.9 Å². The largest absolute Gasteiger partial charge is 0.480 e. The molecule has 0 aliphatic carbocycles. The molecule has 4 nitrogen and oxygen atoms in total. The van der Waals surface area contributed by atoms with Gasteiger partial charge in [0.1, 0.15) is 6.04 Å². The third-order valence-electron chi connectivity index (χ3n) is 2.27. The Balaban J connectivity index is 2.94. The third kappa shape index (κ3) is 1.69. The Bertz CT molecular complexity index is 306. The van der Waals surface area contributed by atoms with Crippen LogP contribution in [0.1, 0.15) is 13.3 Å². The maximum atomic E-state index is 11.6. The highest BCUT2D eigenvalue weighted by Gasteiger charge is 2.38. The molecule has 0 aromatic heterocycles. The number of carbonyl (C=O) groups excluding carboxylic acids is 1. The van der Waals surface area contributed by atoms with Crippen LogP contribution >= 0.6 is 0 Å². The minimum Gasteiger partial charge on any atom is -0.480 e. The summed E-state index contributed by atoms with van der Waals surface area (Å²) in [6, 6.07) is -0.710. The maximum absolute atomic E-state index is 11.6. The molecule has 1 aliphatic heterocycles. The summed E-state index contributed by atoms with van der Waals surface area (Å²) < 4.78 is 0. The summed E-state index contributed by atoms with van der Waals surface area (Å²) in [5.74, 6) is -1.15. The van der Waals surface area contributed by atoms with Gasteiger partial charge in [0.25, 0.3) is 5.91 Å². The predicted octanol–water partition coefficient (Wildman–Crippen LogP) is 0.804. The van der Waals surface area contributed by atoms with Crippen molar-refractivity contribution in [2.45, 2.75) is 19.4 Å². The predicted molar refractivity (Wildman–Crippen MR) is 51.7 cm³/mol. The van der Waals surface area contributed by atoms with Crippen LogP contribution in [-0.4, -0.2) is 34.5 Å². The molecular formula is C10H13NO3. The van der Waals surface area contributed by atoms with Crippen LogP contribution in [0, 0.1) is 0 Å². The lowest BCUT2D eigenvalue weighted by atomic mass is 10.1. The summed E-state index contributed by atoms with van der Waals surface area (Å²) in [6.45, 7) is 5.67. The van der Waals surface area contributed by atoms with Gasteiger partial charge in [-0.3, -0.25) is 4.79 Å². The van der Waals surface area contributed by atoms with Crippen LogP contribution in [0.25, 0.3) is 0 Å². The molecule has 0 bridgehead atoms. The number of likely N-dealkylation sites (N-methyl/N-ethyl adjacent to an activating group) is 1. The Morgan fingerprint density at radius 3 is 2.79 bits per heavy atom. The van der Waals surface area contributed by atoms with E-state index in [2.05, 4.69) is 6.58 Å². The molecule has 1 N–H and O–H groups in total. The minimum absolute atomic E-state index is 0.195. The number of hydrogen-bond acceptors (Lipinski definition) is 2. The van der Waals surface area contributed by atoms with Crippen LogP contribution in [-0.2, 0) is 9.59 Å². The summed E-state index contributed by atoms with van der Waals surface area (Å²) in [5.41, 5.74) is 0.522. The normalized spacial score (nSPS) is 24.4. The number of carboxylic acid groups (broad SMARTS) is 1. The molecule has 0 aromatic rings. The highest BCUT2D eigenvalue weighted by Crippen LogP contribution is 2.23. The lowest BCUT2D eigenvalue weighted by Crippen LogP contribution is -2.38. The van der Waals surface area contributed by atoms with Gasteiger partial charge in [-0.1, -0.05) is 18.7 Å². The van der Waals surface area contributed by atoms with E-state index in [-0.39, 0.29) is 12.3 Å². The average molecular weight is 195 g/mol. The van der Waals surface area contributed by atoms with E-state index < -0.39 is 12.0 Å². The summed E-state index contributed by atoms with van der Waals surface area (Å²) in [7, 11) is 0. The zero-order chi connectivity index (χ0) is 10.7. The molecule has 0 saturated carbocycles. The van der Waals surface area contributed by atoms with Crippen LogP contribution in [0.15, 0.2) is 24.3 Å². The number of likely N-dealkylation sites (tertiary alicyclic amines) is 1. The summed E-state index contributed by atoms with van der Waals surface area (Å²) >= 11 is 0. The summed E-state index contributed by atoms with van der Waals surface area (Å²) in [4.78, 5) is 23.8. The Labute approximate surface area is 82.5 Å². The van der Waals surface area contributed by atoms with Crippen molar-refractivity contribution in [3.05, 3.63) is 24.3 Å². The second-order valence-corrected chi connectivity index (χ2v) is 3.08. The van der Waals surface area contributed by atoms with Crippen LogP contribution < -0.4 is 0 Å². The highest BCUT2D eigenvalue weighted by molar-refractivity contribution is 6.00. The van der Waals surface area contributed by atoms with Gasteiger partial charge < -0.3 is 10.0 Å². The smallest absolute Gasteiger partial charge is 0.326 e. The van der Waals surface area contributed by atoms with Gasteiger partial charge >= 0.3 is 5.97 Å². The van der Waals surface area contributed by atoms with E-state index in [4.69, 9.17) is 5.11 Å². The molecule has 0 aromatic carbocycles. The Morgan fingerprint density at radius 1 is 1.79 bits per heavy atom. The zero-order valence-electron chi connectivity index (χ0n) is 8.06. The number of hydrogen-bond donors (Lipinski definition) is 1. The van der Waals surface area contributed by atoms with E-state index in [0.717, 1.165) is 0 Å². The first-order valence-corrected chi connectivity index (χ1v) is 4.47. The molecule has 0 spiro atoms. The number of carboxylic acids is 1. The van der Waals surface area contributed by atoms with Gasteiger partial charge in [-0.15, -0.1) is 0 Å². The van der Waals surface area contributed by atoms with Crippen molar-refractivity contribution in [1.29, 1.82) is 0 Å². The topological polar surface area (TPSA) is 57.6 Å². The quantitative estimate of drug-likeness (QED) is 0.678. The van der Waals surface area contributed by atoms with Crippen LogP contribution in [0.5, 0.6) is 0 Å². The molecular weight excluding hydrogens is 182 g/mol. The van der Waals surface area contributed by atoms with E-state index >= 15 is 0 Å². The maximum Gasteiger partial charge on any atom is 0.326 e. The van der Waals surface area contributed by atoms with Crippen molar-refractivity contribution in [2.24, 2.45) is 0 Å². The van der Waals surface area contributed by atoms with Gasteiger partial charge in [0.05, 0.1) is 0 Å². The van der Waals surface area contributed by atoms with E-state index in [1.54, 1.807) is 13.0 Å². The highest BCUT2D eigenvalue weighted by atomic mass is 16.4. The lowest BCUT2D eigenvalue weighted by Gasteiger charge is -2.18. The van der Waals surface area contributed by atoms with E-state index in [0.29, 0.717) is 12.1 Å². The van der Waals surface area contributed by atoms with Crippen molar-refractivity contribution < 1.29 is 14.7 Å². The molecule has 1 unspecified atom stereocenters. The Hall–Kier alpha value is -1.58. The first kappa shape index (κ1) is 10.5. The first-order chi connectivity index (χ1) is 6.61. The van der Waals surface area contributed by atoms with Gasteiger partial charge in [0, 0.05) is 18.5 Å². The Kier molecular flexibility index (Phi) is 3.06. The fourth-order valence-electron chi connectivity index (χ4n) is 1.60. The number of carbonyl (C=O) groups is 2. The van der Waals surface area contributed by atoms with Gasteiger partial charge in [-0.05, 0) is 6.92 Å². The lowest BCUT2D eigenvalue weighted by molar-refractivity contribution is -0.145. The molecule has 4 heteroatoms. The number of rotatable bonds is 3. The van der Waals surface area contributed by atoms with Gasteiger partial charge in [0.15, 0.2) is 0 Å². The standard InChI is InChI=1S/C10H13NO3/c1-3-5-7-6-8(10(13)14)11(4-2)9(7)12/h3,5,8H,1,4,6H2,2H3,(H,13,14). The van der Waals surface area contributed by atoms with Crippen LogP contribution in [0.2, 0.25) is 0 Å². The molecule has 0 radical (unpaired) electrons. The van der Waals surface area contributed by atoms with Crippen molar-refractivity contribution in [1.82, 2.24) is 4.90 Å². The molecule has 1 rings (SSSR count). The van der Waals surface area contributed by atoms with Crippen molar-refractivity contribution in [2.75, 3.05) is 6.54 Å². The summed E-state index contributed by atoms with van der Waals surface area (Å²) in [5, 5.41) is 8.87. The van der Waals surface area contributed by atoms with Crippen molar-refractivity contribution in [3.8, 4) is 0 Å². The van der Waals surface area contributed by atoms with E-state index in [1.807, 2.05) is 0 Å². The van der Waals surface area contributed by atoms with Crippen LogP contribution in [0.3, 0.4) is 0 Å². The fourth-order valence-corrected chi connectivity index (χ4v) is 1.60. The summed E-state index contributed by atoms with van der Waals surface area (Å²) in [6.07, 6.45) is 3.35. The molecule has 1 aliphatic rings. The molecule has 1 atom stereocenters. The van der Waals surface area contributed by atoms with Gasteiger partial charge in [-0.2, -0.15) is 0 Å². The number of aliphatic carboxylic acids is 1. The minimum atomic E-state index is -0.951. The fraction of sp³-hybridized carbons (Fsp3) is 0.400. The van der Waals surface area contributed by atoms with Gasteiger partial charge in [-0.25, -0.2) is 4.79 Å². The second kappa shape index (κ2) is 4.09. The Morgan fingerprint density at radius 2 is 2.43 bits per heavy atom. The first-order valence-electron chi connectivity index (χ1n) is 4.47. The van der Waals surface area contributed by atoms with Gasteiger partial charge in [0.2, 0.25) is 0 Å². The zero-order valence-corrected chi connectivity index (χ0v) is 8.06. The van der Waals surface area contributed by atoms with E-state index in [1.165, 1.54) is 11.0 Å².